The summed E-state index contributed by atoms with van der Waals surface area (Å²) < 4.78 is 5.29. The van der Waals surface area contributed by atoms with Crippen LogP contribution in [0.2, 0.25) is 5.02 Å². The number of pyridine rings is 2. The molecule has 0 radical (unpaired) electrons. The monoisotopic (exact) mass is 319 g/mol. The molecule has 0 aliphatic carbocycles. The smallest absolute Gasteiger partial charge is 0.260 e. The van der Waals surface area contributed by atoms with Gasteiger partial charge < -0.3 is 9.64 Å². The average Bonchev–Trinajstić information content (AvgIpc) is 2.50. The van der Waals surface area contributed by atoms with E-state index in [4.69, 9.17) is 16.3 Å². The third-order valence-corrected chi connectivity index (χ3v) is 3.27. The SMILES string of the molecule is CCOc1ncc(C(=O)N(c2cccnc2)C(C)C)cc1Cl. The summed E-state index contributed by atoms with van der Waals surface area (Å²) in [6.07, 6.45) is 4.80. The van der Waals surface area contributed by atoms with Crippen LogP contribution >= 0.6 is 11.6 Å². The minimum Gasteiger partial charge on any atom is -0.477 e. The molecule has 116 valence electrons. The molecular weight excluding hydrogens is 302 g/mol. The lowest BCUT2D eigenvalue weighted by atomic mass is 10.2. The van der Waals surface area contributed by atoms with E-state index in [1.807, 2.05) is 26.8 Å². The lowest BCUT2D eigenvalue weighted by Gasteiger charge is -2.26. The minimum absolute atomic E-state index is 0.0259. The summed E-state index contributed by atoms with van der Waals surface area (Å²) in [5.41, 5.74) is 1.14. The minimum atomic E-state index is -0.180. The molecule has 0 atom stereocenters. The zero-order valence-corrected chi connectivity index (χ0v) is 13.5. The van der Waals surface area contributed by atoms with Crippen LogP contribution in [0.5, 0.6) is 5.88 Å². The van der Waals surface area contributed by atoms with Crippen LogP contribution in [0.4, 0.5) is 5.69 Å². The van der Waals surface area contributed by atoms with E-state index >= 15 is 0 Å². The molecule has 0 fully saturated rings. The summed E-state index contributed by atoms with van der Waals surface area (Å²) in [6.45, 7) is 6.19. The van der Waals surface area contributed by atoms with Gasteiger partial charge in [-0.1, -0.05) is 11.6 Å². The van der Waals surface area contributed by atoms with Gasteiger partial charge in [-0.3, -0.25) is 9.78 Å². The topological polar surface area (TPSA) is 55.3 Å². The maximum atomic E-state index is 12.8. The Morgan fingerprint density at radius 3 is 2.73 bits per heavy atom. The molecule has 2 aromatic heterocycles. The molecule has 2 rings (SSSR count). The van der Waals surface area contributed by atoms with E-state index in [9.17, 15) is 4.79 Å². The molecule has 0 saturated carbocycles. The van der Waals surface area contributed by atoms with E-state index < -0.39 is 0 Å². The van der Waals surface area contributed by atoms with Crippen molar-refractivity contribution >= 4 is 23.2 Å². The second-order valence-corrected chi connectivity index (χ2v) is 5.33. The number of aromatic nitrogens is 2. The Bertz CT molecular complexity index is 647. The highest BCUT2D eigenvalue weighted by molar-refractivity contribution is 6.32. The number of carbonyl (C=O) groups excluding carboxylic acids is 1. The molecule has 6 heteroatoms. The van der Waals surface area contributed by atoms with Crippen molar-refractivity contribution in [3.8, 4) is 5.88 Å². The molecule has 22 heavy (non-hydrogen) atoms. The summed E-state index contributed by atoms with van der Waals surface area (Å²) >= 11 is 6.11. The molecule has 2 aromatic rings. The number of nitrogens with zero attached hydrogens (tertiary/aromatic N) is 3. The first-order chi connectivity index (χ1) is 10.5. The largest absolute Gasteiger partial charge is 0.477 e. The van der Waals surface area contributed by atoms with Gasteiger partial charge in [0, 0.05) is 18.4 Å². The van der Waals surface area contributed by atoms with E-state index in [0.717, 1.165) is 5.69 Å². The number of hydrogen-bond donors (Lipinski definition) is 0. The third kappa shape index (κ3) is 3.54. The van der Waals surface area contributed by atoms with Crippen molar-refractivity contribution in [2.45, 2.75) is 26.8 Å². The Morgan fingerprint density at radius 1 is 1.41 bits per heavy atom. The van der Waals surface area contributed by atoms with Crippen LogP contribution in [-0.4, -0.2) is 28.5 Å². The summed E-state index contributed by atoms with van der Waals surface area (Å²) in [5, 5.41) is 0.322. The Hall–Kier alpha value is -2.14. The maximum absolute atomic E-state index is 12.8. The highest BCUT2D eigenvalue weighted by atomic mass is 35.5. The molecular formula is C16H18ClN3O2. The summed E-state index contributed by atoms with van der Waals surface area (Å²) in [7, 11) is 0. The fourth-order valence-corrected chi connectivity index (χ4v) is 2.29. The van der Waals surface area contributed by atoms with Crippen molar-refractivity contribution in [3.63, 3.8) is 0 Å². The quantitative estimate of drug-likeness (QED) is 0.845. The zero-order chi connectivity index (χ0) is 16.1. The standard InChI is InChI=1S/C16H18ClN3O2/c1-4-22-15-14(17)8-12(9-19-15)16(21)20(11(2)3)13-6-5-7-18-10-13/h5-11H,4H2,1-3H3. The van der Waals surface area contributed by atoms with Crippen molar-refractivity contribution in [2.75, 3.05) is 11.5 Å². The highest BCUT2D eigenvalue weighted by Crippen LogP contribution is 2.25. The molecule has 5 nitrogen and oxygen atoms in total. The fourth-order valence-electron chi connectivity index (χ4n) is 2.07. The second-order valence-electron chi connectivity index (χ2n) is 4.92. The number of amides is 1. The van der Waals surface area contributed by atoms with Crippen molar-refractivity contribution in [1.29, 1.82) is 0 Å². The van der Waals surface area contributed by atoms with E-state index in [2.05, 4.69) is 9.97 Å². The summed E-state index contributed by atoms with van der Waals surface area (Å²) in [5.74, 6) is 0.152. The van der Waals surface area contributed by atoms with Gasteiger partial charge in [-0.2, -0.15) is 0 Å². The number of anilines is 1. The van der Waals surface area contributed by atoms with Gasteiger partial charge in [0.05, 0.1) is 24.1 Å². The van der Waals surface area contributed by atoms with Gasteiger partial charge in [-0.05, 0) is 39.0 Å². The Kier molecular flexibility index (Phi) is 5.33. The number of ether oxygens (including phenoxy) is 1. The third-order valence-electron chi connectivity index (χ3n) is 2.99. The Morgan fingerprint density at radius 2 is 2.18 bits per heavy atom. The van der Waals surface area contributed by atoms with Crippen molar-refractivity contribution < 1.29 is 9.53 Å². The second kappa shape index (κ2) is 7.22. The molecule has 0 aliphatic rings. The van der Waals surface area contributed by atoms with E-state index in [1.54, 1.807) is 29.4 Å². The molecule has 0 aliphatic heterocycles. The molecule has 2 heterocycles. The fraction of sp³-hybridized carbons (Fsp3) is 0.312. The lowest BCUT2D eigenvalue weighted by molar-refractivity contribution is 0.0979. The van der Waals surface area contributed by atoms with Crippen LogP contribution in [0, 0.1) is 0 Å². The number of carbonyl (C=O) groups is 1. The molecule has 0 aromatic carbocycles. The first-order valence-electron chi connectivity index (χ1n) is 7.06. The molecule has 0 saturated heterocycles. The molecule has 0 bridgehead atoms. The van der Waals surface area contributed by atoms with Gasteiger partial charge >= 0.3 is 0 Å². The molecule has 0 N–H and O–H groups in total. The average molecular weight is 320 g/mol. The van der Waals surface area contributed by atoms with Crippen molar-refractivity contribution in [3.05, 3.63) is 47.4 Å². The van der Waals surface area contributed by atoms with Crippen LogP contribution in [0.15, 0.2) is 36.8 Å². The van der Waals surface area contributed by atoms with Crippen molar-refractivity contribution in [2.24, 2.45) is 0 Å². The van der Waals surface area contributed by atoms with Crippen LogP contribution in [0.1, 0.15) is 31.1 Å². The van der Waals surface area contributed by atoms with Crippen molar-refractivity contribution in [1.82, 2.24) is 9.97 Å². The number of halogens is 1. The van der Waals surface area contributed by atoms with Gasteiger partial charge in [0.25, 0.3) is 5.91 Å². The Balaban J connectivity index is 2.34. The normalized spacial score (nSPS) is 10.6. The van der Waals surface area contributed by atoms with Gasteiger partial charge in [0.2, 0.25) is 5.88 Å². The van der Waals surface area contributed by atoms with Gasteiger partial charge in [0.15, 0.2) is 0 Å². The predicted molar refractivity (Wildman–Crippen MR) is 86.6 cm³/mol. The first-order valence-corrected chi connectivity index (χ1v) is 7.44. The van der Waals surface area contributed by atoms with Gasteiger partial charge in [-0.15, -0.1) is 0 Å². The van der Waals surface area contributed by atoms with Crippen LogP contribution in [-0.2, 0) is 0 Å². The Labute approximate surface area is 134 Å². The van der Waals surface area contributed by atoms with Crippen LogP contribution < -0.4 is 9.64 Å². The molecule has 0 spiro atoms. The van der Waals surface area contributed by atoms with Gasteiger partial charge in [-0.25, -0.2) is 4.98 Å². The maximum Gasteiger partial charge on any atom is 0.260 e. The molecule has 0 unspecified atom stereocenters. The van der Waals surface area contributed by atoms with Gasteiger partial charge in [0.1, 0.15) is 5.02 Å². The summed E-state index contributed by atoms with van der Waals surface area (Å²) in [4.78, 5) is 22.6. The first kappa shape index (κ1) is 16.2. The van der Waals surface area contributed by atoms with Crippen LogP contribution in [0.25, 0.3) is 0 Å². The zero-order valence-electron chi connectivity index (χ0n) is 12.8. The lowest BCUT2D eigenvalue weighted by Crippen LogP contribution is -2.37. The number of hydrogen-bond acceptors (Lipinski definition) is 4. The van der Waals surface area contributed by atoms with E-state index in [0.29, 0.717) is 23.1 Å². The number of rotatable bonds is 5. The van der Waals surface area contributed by atoms with Crippen LogP contribution in [0.3, 0.4) is 0 Å². The highest BCUT2D eigenvalue weighted by Gasteiger charge is 2.22. The predicted octanol–water partition coefficient (Wildman–Crippen LogP) is 3.58. The van der Waals surface area contributed by atoms with E-state index in [-0.39, 0.29) is 11.9 Å². The summed E-state index contributed by atoms with van der Waals surface area (Å²) in [6, 6.07) is 5.19. The van der Waals surface area contributed by atoms with E-state index in [1.165, 1.54) is 6.20 Å². The molecule has 1 amide bonds.